The Morgan fingerprint density at radius 3 is 2.60 bits per heavy atom. The molecule has 2 rings (SSSR count). The molecule has 5 nitrogen and oxygen atoms in total. The highest BCUT2D eigenvalue weighted by Crippen LogP contribution is 2.15. The van der Waals surface area contributed by atoms with Gasteiger partial charge in [-0.1, -0.05) is 12.1 Å². The Morgan fingerprint density at radius 2 is 2.05 bits per heavy atom. The van der Waals surface area contributed by atoms with E-state index in [0.717, 1.165) is 31.9 Å². The Balaban J connectivity index is 1.89. The standard InChI is InChI=1S/C15H23N3O2/c1-3-16-14-6-4-13(5-7-14)11-17-8-9-18(15(19)20)12(2)10-17/h4-7,12,16H,3,8-11H2,1-2H3,(H,19,20)/t12-/m0/s1. The maximum absolute atomic E-state index is 11.0. The summed E-state index contributed by atoms with van der Waals surface area (Å²) in [7, 11) is 0. The first-order valence-corrected chi connectivity index (χ1v) is 7.15. The maximum atomic E-state index is 11.0. The van der Waals surface area contributed by atoms with Crippen LogP contribution in [0.4, 0.5) is 10.5 Å². The number of amides is 1. The summed E-state index contributed by atoms with van der Waals surface area (Å²) in [5, 5.41) is 12.3. The van der Waals surface area contributed by atoms with Crippen molar-refractivity contribution >= 4 is 11.8 Å². The quantitative estimate of drug-likeness (QED) is 0.886. The fraction of sp³-hybridized carbons (Fsp3) is 0.533. The van der Waals surface area contributed by atoms with Crippen molar-refractivity contribution in [1.82, 2.24) is 9.80 Å². The van der Waals surface area contributed by atoms with Gasteiger partial charge in [0.25, 0.3) is 0 Å². The molecule has 0 spiro atoms. The van der Waals surface area contributed by atoms with E-state index in [1.165, 1.54) is 10.5 Å². The summed E-state index contributed by atoms with van der Waals surface area (Å²) in [6, 6.07) is 8.51. The van der Waals surface area contributed by atoms with Crippen molar-refractivity contribution in [3.8, 4) is 0 Å². The first kappa shape index (κ1) is 14.7. The van der Waals surface area contributed by atoms with Crippen molar-refractivity contribution in [2.24, 2.45) is 0 Å². The smallest absolute Gasteiger partial charge is 0.407 e. The second-order valence-corrected chi connectivity index (χ2v) is 5.29. The summed E-state index contributed by atoms with van der Waals surface area (Å²) in [5.41, 5.74) is 2.41. The zero-order valence-electron chi connectivity index (χ0n) is 12.2. The molecule has 1 aliphatic rings. The van der Waals surface area contributed by atoms with Gasteiger partial charge >= 0.3 is 6.09 Å². The molecule has 110 valence electrons. The molecule has 1 aliphatic heterocycles. The lowest BCUT2D eigenvalue weighted by molar-refractivity contribution is 0.0711. The van der Waals surface area contributed by atoms with Crippen molar-refractivity contribution in [2.75, 3.05) is 31.5 Å². The van der Waals surface area contributed by atoms with Crippen molar-refractivity contribution in [1.29, 1.82) is 0 Å². The van der Waals surface area contributed by atoms with Crippen LogP contribution in [0.5, 0.6) is 0 Å². The van der Waals surface area contributed by atoms with E-state index in [4.69, 9.17) is 5.11 Å². The number of nitrogens with zero attached hydrogens (tertiary/aromatic N) is 2. The molecular weight excluding hydrogens is 254 g/mol. The molecule has 1 amide bonds. The molecule has 0 unspecified atom stereocenters. The fourth-order valence-electron chi connectivity index (χ4n) is 2.65. The molecule has 1 fully saturated rings. The molecule has 1 saturated heterocycles. The van der Waals surface area contributed by atoms with E-state index >= 15 is 0 Å². The maximum Gasteiger partial charge on any atom is 0.407 e. The lowest BCUT2D eigenvalue weighted by Crippen LogP contribution is -2.53. The van der Waals surface area contributed by atoms with E-state index < -0.39 is 6.09 Å². The topological polar surface area (TPSA) is 55.8 Å². The molecule has 20 heavy (non-hydrogen) atoms. The van der Waals surface area contributed by atoms with Gasteiger partial charge in [-0.05, 0) is 31.5 Å². The number of hydrogen-bond donors (Lipinski definition) is 2. The third kappa shape index (κ3) is 3.63. The molecule has 0 aliphatic carbocycles. The normalized spacial score (nSPS) is 19.9. The first-order chi connectivity index (χ1) is 9.60. The van der Waals surface area contributed by atoms with Gasteiger partial charge in [0.2, 0.25) is 0 Å². The zero-order chi connectivity index (χ0) is 14.5. The van der Waals surface area contributed by atoms with Crippen molar-refractivity contribution in [3.05, 3.63) is 29.8 Å². The minimum absolute atomic E-state index is 0.0577. The van der Waals surface area contributed by atoms with Gasteiger partial charge in [-0.2, -0.15) is 0 Å². The molecule has 2 N–H and O–H groups in total. The van der Waals surface area contributed by atoms with Crippen molar-refractivity contribution in [3.63, 3.8) is 0 Å². The highest BCUT2D eigenvalue weighted by atomic mass is 16.4. The minimum Gasteiger partial charge on any atom is -0.465 e. The van der Waals surface area contributed by atoms with Gasteiger partial charge in [0.05, 0.1) is 0 Å². The van der Waals surface area contributed by atoms with E-state index in [1.54, 1.807) is 0 Å². The predicted octanol–water partition coefficient (Wildman–Crippen LogP) is 2.30. The zero-order valence-corrected chi connectivity index (χ0v) is 12.2. The number of piperazine rings is 1. The largest absolute Gasteiger partial charge is 0.465 e. The van der Waals surface area contributed by atoms with Gasteiger partial charge in [-0.3, -0.25) is 4.90 Å². The lowest BCUT2D eigenvalue weighted by Gasteiger charge is -2.38. The summed E-state index contributed by atoms with van der Waals surface area (Å²) in [6.07, 6.45) is -0.813. The molecular formula is C15H23N3O2. The fourth-order valence-corrected chi connectivity index (χ4v) is 2.65. The van der Waals surface area contributed by atoms with Crippen LogP contribution in [0.2, 0.25) is 0 Å². The summed E-state index contributed by atoms with van der Waals surface area (Å²) in [6.45, 7) is 8.03. The van der Waals surface area contributed by atoms with Crippen LogP contribution in [-0.4, -0.2) is 53.2 Å². The van der Waals surface area contributed by atoms with Crippen LogP contribution in [0.15, 0.2) is 24.3 Å². The van der Waals surface area contributed by atoms with Crippen LogP contribution < -0.4 is 5.32 Å². The second kappa shape index (κ2) is 6.61. The third-order valence-electron chi connectivity index (χ3n) is 3.70. The number of carboxylic acid groups (broad SMARTS) is 1. The van der Waals surface area contributed by atoms with Gasteiger partial charge in [0, 0.05) is 44.5 Å². The Hall–Kier alpha value is -1.75. The van der Waals surface area contributed by atoms with Gasteiger partial charge in [-0.25, -0.2) is 4.79 Å². The van der Waals surface area contributed by atoms with Crippen molar-refractivity contribution < 1.29 is 9.90 Å². The number of hydrogen-bond acceptors (Lipinski definition) is 3. The molecule has 1 heterocycles. The number of rotatable bonds is 4. The van der Waals surface area contributed by atoms with E-state index in [-0.39, 0.29) is 6.04 Å². The summed E-state index contributed by atoms with van der Waals surface area (Å²) in [5.74, 6) is 0. The summed E-state index contributed by atoms with van der Waals surface area (Å²) in [4.78, 5) is 14.9. The van der Waals surface area contributed by atoms with Crippen molar-refractivity contribution in [2.45, 2.75) is 26.4 Å². The number of anilines is 1. The first-order valence-electron chi connectivity index (χ1n) is 7.15. The average molecular weight is 277 g/mol. The molecule has 1 aromatic rings. The lowest BCUT2D eigenvalue weighted by atomic mass is 10.1. The van der Waals surface area contributed by atoms with E-state index in [2.05, 4.69) is 41.4 Å². The predicted molar refractivity (Wildman–Crippen MR) is 80.1 cm³/mol. The molecule has 1 atom stereocenters. The average Bonchev–Trinajstić information content (AvgIpc) is 2.41. The highest BCUT2D eigenvalue weighted by molar-refractivity contribution is 5.65. The van der Waals surface area contributed by atoms with Gasteiger partial charge in [-0.15, -0.1) is 0 Å². The van der Waals surface area contributed by atoms with Gasteiger partial charge in [0.15, 0.2) is 0 Å². The monoisotopic (exact) mass is 277 g/mol. The van der Waals surface area contributed by atoms with Crippen LogP contribution in [0.25, 0.3) is 0 Å². The molecule has 1 aromatic carbocycles. The Bertz CT molecular complexity index is 447. The van der Waals surface area contributed by atoms with Gasteiger partial charge < -0.3 is 15.3 Å². The molecule has 5 heteroatoms. The minimum atomic E-state index is -0.813. The molecule has 0 aromatic heterocycles. The number of benzene rings is 1. The summed E-state index contributed by atoms with van der Waals surface area (Å²) >= 11 is 0. The second-order valence-electron chi connectivity index (χ2n) is 5.29. The van der Waals surface area contributed by atoms with Crippen LogP contribution in [0.1, 0.15) is 19.4 Å². The highest BCUT2D eigenvalue weighted by Gasteiger charge is 2.26. The van der Waals surface area contributed by atoms with E-state index in [1.807, 2.05) is 6.92 Å². The Morgan fingerprint density at radius 1 is 1.35 bits per heavy atom. The van der Waals surface area contributed by atoms with Crippen LogP contribution in [0.3, 0.4) is 0 Å². The van der Waals surface area contributed by atoms with Crippen LogP contribution in [0, 0.1) is 0 Å². The Kier molecular flexibility index (Phi) is 4.84. The van der Waals surface area contributed by atoms with Crippen LogP contribution >= 0.6 is 0 Å². The van der Waals surface area contributed by atoms with Gasteiger partial charge in [0.1, 0.15) is 0 Å². The van der Waals surface area contributed by atoms with E-state index in [0.29, 0.717) is 6.54 Å². The SMILES string of the molecule is CCNc1ccc(CN2CCN(C(=O)O)[C@@H](C)C2)cc1. The third-order valence-corrected chi connectivity index (χ3v) is 3.70. The molecule has 0 radical (unpaired) electrons. The number of nitrogens with one attached hydrogen (secondary N) is 1. The van der Waals surface area contributed by atoms with Crippen LogP contribution in [-0.2, 0) is 6.54 Å². The number of carbonyl (C=O) groups is 1. The Labute approximate surface area is 120 Å². The molecule has 0 saturated carbocycles. The summed E-state index contributed by atoms with van der Waals surface area (Å²) < 4.78 is 0. The van der Waals surface area contributed by atoms with E-state index in [9.17, 15) is 4.79 Å². The molecule has 0 bridgehead atoms.